The average molecular weight is 776 g/mol. The van der Waals surface area contributed by atoms with Gasteiger partial charge in [0.25, 0.3) is 0 Å². The van der Waals surface area contributed by atoms with E-state index in [9.17, 15) is 20.1 Å². The molecule has 0 spiro atoms. The molecule has 0 aliphatic carbocycles. The first kappa shape index (κ1) is 53.8. The summed E-state index contributed by atoms with van der Waals surface area (Å²) in [5.41, 5.74) is 0. The molecule has 3 unspecified atom stereocenters. The van der Waals surface area contributed by atoms with E-state index in [2.05, 4.69) is 43.5 Å². The van der Waals surface area contributed by atoms with Gasteiger partial charge in [0.1, 0.15) is 6.10 Å². The largest absolute Gasteiger partial charge is 0.394 e. The molecule has 0 rings (SSSR count). The smallest absolute Gasteiger partial charge is 0.220 e. The van der Waals surface area contributed by atoms with Crippen LogP contribution in [0.25, 0.3) is 0 Å². The Hall–Kier alpha value is -1.17. The maximum atomic E-state index is 12.5. The van der Waals surface area contributed by atoms with Crippen molar-refractivity contribution in [2.75, 3.05) is 6.61 Å². The van der Waals surface area contributed by atoms with Crippen LogP contribution in [0.1, 0.15) is 264 Å². The first-order chi connectivity index (χ1) is 27.1. The summed E-state index contributed by atoms with van der Waals surface area (Å²) in [6.07, 6.45) is 55.9. The lowest BCUT2D eigenvalue weighted by Gasteiger charge is -2.26. The molecule has 3 atom stereocenters. The zero-order chi connectivity index (χ0) is 40.1. The average Bonchev–Trinajstić information content (AvgIpc) is 3.19. The van der Waals surface area contributed by atoms with Gasteiger partial charge in [0.05, 0.1) is 18.8 Å². The van der Waals surface area contributed by atoms with Crippen LogP contribution in [-0.4, -0.2) is 46.1 Å². The van der Waals surface area contributed by atoms with Crippen LogP contribution in [0.4, 0.5) is 0 Å². The summed E-state index contributed by atoms with van der Waals surface area (Å²) in [5, 5.41) is 33.7. The van der Waals surface area contributed by atoms with Gasteiger partial charge in [-0.05, 0) is 38.5 Å². The summed E-state index contributed by atoms with van der Waals surface area (Å²) in [7, 11) is 0. The van der Waals surface area contributed by atoms with Gasteiger partial charge in [-0.3, -0.25) is 4.79 Å². The van der Waals surface area contributed by atoms with Crippen molar-refractivity contribution < 1.29 is 20.1 Å². The molecule has 0 bridgehead atoms. The van der Waals surface area contributed by atoms with Gasteiger partial charge in [0.2, 0.25) is 5.91 Å². The van der Waals surface area contributed by atoms with Crippen molar-refractivity contribution in [2.24, 2.45) is 0 Å². The number of hydrogen-bond donors (Lipinski definition) is 4. The topological polar surface area (TPSA) is 89.8 Å². The number of nitrogens with one attached hydrogen (secondary N) is 1. The van der Waals surface area contributed by atoms with E-state index in [-0.39, 0.29) is 12.5 Å². The van der Waals surface area contributed by atoms with Gasteiger partial charge in [0.15, 0.2) is 0 Å². The molecule has 4 N–H and O–H groups in total. The lowest BCUT2D eigenvalue weighted by Crippen LogP contribution is -2.50. The van der Waals surface area contributed by atoms with Crippen molar-refractivity contribution in [1.82, 2.24) is 5.32 Å². The normalized spacial score (nSPS) is 13.6. The minimum Gasteiger partial charge on any atom is -0.394 e. The van der Waals surface area contributed by atoms with Gasteiger partial charge < -0.3 is 20.6 Å². The highest BCUT2D eigenvalue weighted by molar-refractivity contribution is 5.76. The van der Waals surface area contributed by atoms with E-state index in [1.165, 1.54) is 193 Å². The lowest BCUT2D eigenvalue weighted by atomic mass is 9.99. The number of unbranched alkanes of at least 4 members (excludes halogenated alkanes) is 33. The summed E-state index contributed by atoms with van der Waals surface area (Å²) >= 11 is 0. The van der Waals surface area contributed by atoms with Gasteiger partial charge in [-0.25, -0.2) is 0 Å². The van der Waals surface area contributed by atoms with Crippen LogP contribution in [-0.2, 0) is 4.79 Å². The predicted molar refractivity (Wildman–Crippen MR) is 241 cm³/mol. The quantitative estimate of drug-likeness (QED) is 0.0366. The minimum absolute atomic E-state index is 0.142. The van der Waals surface area contributed by atoms with Gasteiger partial charge in [-0.15, -0.1) is 0 Å². The standard InChI is InChI=1S/C50H97NO4/c1-3-5-7-9-11-13-15-17-19-21-23-25-27-29-31-33-35-37-39-41-43-45-49(54)51-47(46-52)50(55)48(53)44-42-40-38-36-34-32-30-28-26-24-22-20-18-16-14-12-10-8-6-4-2/h5,7,11,13,47-48,50,52-53,55H,3-4,6,8-10,12,14-46H2,1-2H3,(H,51,54)/b7-5-,13-11-. The zero-order valence-electron chi connectivity index (χ0n) is 37.1. The third-order valence-corrected chi connectivity index (χ3v) is 11.6. The first-order valence-electron chi connectivity index (χ1n) is 24.6. The van der Waals surface area contributed by atoms with Crippen molar-refractivity contribution in [3.63, 3.8) is 0 Å². The fourth-order valence-electron chi connectivity index (χ4n) is 7.79. The molecule has 0 aromatic carbocycles. The number of aliphatic hydroxyl groups is 3. The highest BCUT2D eigenvalue weighted by Crippen LogP contribution is 2.17. The number of allylic oxidation sites excluding steroid dienone is 4. The van der Waals surface area contributed by atoms with Crippen molar-refractivity contribution in [3.05, 3.63) is 24.3 Å². The van der Waals surface area contributed by atoms with E-state index in [0.29, 0.717) is 12.8 Å². The predicted octanol–water partition coefficient (Wildman–Crippen LogP) is 14.6. The molecule has 0 aromatic heterocycles. The Kier molecular flexibility index (Phi) is 44.6. The van der Waals surface area contributed by atoms with Gasteiger partial charge >= 0.3 is 0 Å². The Morgan fingerprint density at radius 1 is 0.473 bits per heavy atom. The maximum absolute atomic E-state index is 12.5. The molecule has 5 heteroatoms. The number of carbonyl (C=O) groups excluding carboxylic acids is 1. The van der Waals surface area contributed by atoms with E-state index in [1.54, 1.807) is 0 Å². The van der Waals surface area contributed by atoms with E-state index >= 15 is 0 Å². The zero-order valence-corrected chi connectivity index (χ0v) is 37.1. The molecule has 0 heterocycles. The molecule has 0 saturated carbocycles. The maximum Gasteiger partial charge on any atom is 0.220 e. The molecule has 55 heavy (non-hydrogen) atoms. The van der Waals surface area contributed by atoms with E-state index < -0.39 is 18.2 Å². The molecule has 0 aromatic rings. The third-order valence-electron chi connectivity index (χ3n) is 11.6. The van der Waals surface area contributed by atoms with Crippen LogP contribution in [0.15, 0.2) is 24.3 Å². The first-order valence-corrected chi connectivity index (χ1v) is 24.6. The monoisotopic (exact) mass is 776 g/mol. The molecule has 0 aliphatic heterocycles. The van der Waals surface area contributed by atoms with Crippen LogP contribution in [0.3, 0.4) is 0 Å². The van der Waals surface area contributed by atoms with Crippen molar-refractivity contribution in [2.45, 2.75) is 283 Å². The second kappa shape index (κ2) is 45.5. The molecular weight excluding hydrogens is 679 g/mol. The third kappa shape index (κ3) is 40.8. The number of amides is 1. The van der Waals surface area contributed by atoms with Crippen LogP contribution in [0.5, 0.6) is 0 Å². The molecule has 5 nitrogen and oxygen atoms in total. The molecular formula is C50H97NO4. The van der Waals surface area contributed by atoms with Crippen molar-refractivity contribution in [3.8, 4) is 0 Å². The van der Waals surface area contributed by atoms with E-state index in [0.717, 1.165) is 44.9 Å². The van der Waals surface area contributed by atoms with Gasteiger partial charge in [-0.2, -0.15) is 0 Å². The number of rotatable bonds is 45. The van der Waals surface area contributed by atoms with E-state index in [4.69, 9.17) is 0 Å². The lowest BCUT2D eigenvalue weighted by molar-refractivity contribution is -0.124. The fraction of sp³-hybridized carbons (Fsp3) is 0.900. The molecule has 0 radical (unpaired) electrons. The van der Waals surface area contributed by atoms with Crippen molar-refractivity contribution >= 4 is 5.91 Å². The van der Waals surface area contributed by atoms with Crippen LogP contribution in [0, 0.1) is 0 Å². The van der Waals surface area contributed by atoms with E-state index in [1.807, 2.05) is 0 Å². The van der Waals surface area contributed by atoms with Crippen LogP contribution >= 0.6 is 0 Å². The Bertz CT molecular complexity index is 814. The van der Waals surface area contributed by atoms with Crippen molar-refractivity contribution in [1.29, 1.82) is 0 Å². The fourth-order valence-corrected chi connectivity index (χ4v) is 7.79. The van der Waals surface area contributed by atoms with Crippen LogP contribution in [0.2, 0.25) is 0 Å². The second-order valence-electron chi connectivity index (χ2n) is 17.0. The van der Waals surface area contributed by atoms with Crippen LogP contribution < -0.4 is 5.32 Å². The Labute approximate surface area is 343 Å². The summed E-state index contributed by atoms with van der Waals surface area (Å²) in [5.74, 6) is -0.142. The number of carbonyl (C=O) groups is 1. The Morgan fingerprint density at radius 2 is 0.836 bits per heavy atom. The molecule has 0 fully saturated rings. The molecule has 1 amide bonds. The van der Waals surface area contributed by atoms with Gasteiger partial charge in [-0.1, -0.05) is 244 Å². The second-order valence-corrected chi connectivity index (χ2v) is 17.0. The summed E-state index contributed by atoms with van der Waals surface area (Å²) in [6.45, 7) is 4.10. The summed E-state index contributed by atoms with van der Waals surface area (Å²) in [4.78, 5) is 12.5. The number of aliphatic hydroxyl groups excluding tert-OH is 3. The molecule has 326 valence electrons. The SMILES string of the molecule is CC/C=C\C/C=C\CCCCCCCCCCCCCCCCC(=O)NC(CO)C(O)C(O)CCCCCCCCCCCCCCCCCCCCCC. The summed E-state index contributed by atoms with van der Waals surface area (Å²) < 4.78 is 0. The highest BCUT2D eigenvalue weighted by Gasteiger charge is 2.26. The van der Waals surface area contributed by atoms with Gasteiger partial charge in [0, 0.05) is 6.42 Å². The summed E-state index contributed by atoms with van der Waals surface area (Å²) in [6, 6.07) is -0.807. The molecule has 0 aliphatic rings. The minimum atomic E-state index is -1.13. The molecule has 0 saturated heterocycles. The Morgan fingerprint density at radius 3 is 1.24 bits per heavy atom. The Balaban J connectivity index is 3.56. The number of hydrogen-bond acceptors (Lipinski definition) is 4. The highest BCUT2D eigenvalue weighted by atomic mass is 16.3.